The van der Waals surface area contributed by atoms with E-state index >= 15 is 0 Å². The molecule has 4 rings (SSSR count). The molecule has 29 heavy (non-hydrogen) atoms. The Hall–Kier alpha value is -3.94. The zero-order valence-electron chi connectivity index (χ0n) is 15.8. The molecule has 146 valence electrons. The Kier molecular flexibility index (Phi) is 4.82. The van der Waals surface area contributed by atoms with Gasteiger partial charge in [-0.15, -0.1) is 5.10 Å². The zero-order valence-corrected chi connectivity index (χ0v) is 15.8. The Morgan fingerprint density at radius 3 is 2.66 bits per heavy atom. The largest absolute Gasteiger partial charge is 0.497 e. The molecule has 8 heteroatoms. The lowest BCUT2D eigenvalue weighted by molar-refractivity contribution is 0.0465. The average molecular weight is 391 g/mol. The van der Waals surface area contributed by atoms with Gasteiger partial charge in [-0.1, -0.05) is 18.2 Å². The summed E-state index contributed by atoms with van der Waals surface area (Å²) in [5.41, 5.74) is 1.64. The minimum Gasteiger partial charge on any atom is -0.497 e. The number of para-hydroxylation sites is 1. The van der Waals surface area contributed by atoms with Gasteiger partial charge in [0.05, 0.1) is 18.5 Å². The van der Waals surface area contributed by atoms with Gasteiger partial charge in [0.1, 0.15) is 17.9 Å². The Bertz CT molecular complexity index is 1240. The molecule has 0 aliphatic carbocycles. The van der Waals surface area contributed by atoms with Crippen molar-refractivity contribution >= 4 is 16.9 Å². The summed E-state index contributed by atoms with van der Waals surface area (Å²) in [7, 11) is 1.52. The monoisotopic (exact) mass is 391 g/mol. The van der Waals surface area contributed by atoms with Crippen LogP contribution in [0.1, 0.15) is 21.7 Å². The molecule has 0 aliphatic heterocycles. The summed E-state index contributed by atoms with van der Waals surface area (Å²) in [5.74, 6) is -0.0671. The number of fused-ring (bicyclic) bond motifs is 1. The van der Waals surface area contributed by atoms with Crippen molar-refractivity contribution in [1.29, 1.82) is 0 Å². The third kappa shape index (κ3) is 3.73. The van der Waals surface area contributed by atoms with Crippen LogP contribution in [-0.4, -0.2) is 28.1 Å². The molecule has 0 radical (unpaired) electrons. The van der Waals surface area contributed by atoms with Crippen LogP contribution in [0.4, 0.5) is 0 Å². The summed E-state index contributed by atoms with van der Waals surface area (Å²) in [4.78, 5) is 25.8. The lowest BCUT2D eigenvalue weighted by Gasteiger charge is -2.07. The minimum absolute atomic E-state index is 0.106. The van der Waals surface area contributed by atoms with Crippen LogP contribution >= 0.6 is 0 Å². The average Bonchev–Trinajstić information content (AvgIpc) is 3.13. The molecule has 0 spiro atoms. The molecule has 2 aromatic carbocycles. The van der Waals surface area contributed by atoms with Crippen LogP contribution in [0.3, 0.4) is 0 Å². The molecule has 2 aromatic heterocycles. The number of hydrogen-bond donors (Lipinski definition) is 0. The highest BCUT2D eigenvalue weighted by Gasteiger charge is 2.19. The summed E-state index contributed by atoms with van der Waals surface area (Å²) >= 11 is 0. The fourth-order valence-corrected chi connectivity index (χ4v) is 2.91. The van der Waals surface area contributed by atoms with Crippen molar-refractivity contribution in [2.45, 2.75) is 13.5 Å². The zero-order chi connectivity index (χ0) is 20.4. The highest BCUT2D eigenvalue weighted by Crippen LogP contribution is 2.23. The third-order valence-corrected chi connectivity index (χ3v) is 4.36. The molecule has 0 aliphatic rings. The molecule has 8 nitrogen and oxygen atoms in total. The molecule has 0 saturated carbocycles. The molecular weight excluding hydrogens is 374 g/mol. The van der Waals surface area contributed by atoms with E-state index in [0.717, 1.165) is 5.69 Å². The van der Waals surface area contributed by atoms with Crippen molar-refractivity contribution in [1.82, 2.24) is 15.0 Å². The Labute approximate surface area is 165 Å². The molecule has 0 amide bonds. The van der Waals surface area contributed by atoms with Crippen molar-refractivity contribution in [2.24, 2.45) is 0 Å². The quantitative estimate of drug-likeness (QED) is 0.381. The van der Waals surface area contributed by atoms with Crippen molar-refractivity contribution in [2.75, 3.05) is 7.11 Å². The molecule has 0 saturated heterocycles. The maximum Gasteiger partial charge on any atom is 0.361 e. The number of esters is 1. The van der Waals surface area contributed by atoms with Crippen molar-refractivity contribution in [3.05, 3.63) is 82.0 Å². The van der Waals surface area contributed by atoms with E-state index in [1.165, 1.54) is 18.0 Å². The second-order valence-corrected chi connectivity index (χ2v) is 6.29. The lowest BCUT2D eigenvalue weighted by atomic mass is 10.1. The summed E-state index contributed by atoms with van der Waals surface area (Å²) < 4.78 is 15.7. The van der Waals surface area contributed by atoms with Crippen LogP contribution in [0.5, 0.6) is 5.75 Å². The van der Waals surface area contributed by atoms with Gasteiger partial charge in [0, 0.05) is 23.1 Å². The predicted molar refractivity (Wildman–Crippen MR) is 104 cm³/mol. The first kappa shape index (κ1) is 18.4. The van der Waals surface area contributed by atoms with Crippen LogP contribution in [0, 0.1) is 6.92 Å². The highest BCUT2D eigenvalue weighted by molar-refractivity contribution is 5.88. The van der Waals surface area contributed by atoms with E-state index in [4.69, 9.17) is 13.9 Å². The van der Waals surface area contributed by atoms with Crippen LogP contribution in [-0.2, 0) is 11.3 Å². The number of hydrogen-bond acceptors (Lipinski definition) is 7. The minimum atomic E-state index is -0.625. The molecular formula is C21H17N3O5. The van der Waals surface area contributed by atoms with Gasteiger partial charge in [-0.3, -0.25) is 0 Å². The maximum atomic E-state index is 12.5. The standard InChI is InChI=1S/C21H17N3O5/c1-13-20(23-24(22-13)15-6-4-3-5-7-15)21(26)28-12-14-10-19(25)29-18-11-16(27-2)8-9-17(14)18/h3-11H,12H2,1-2H3. The van der Waals surface area contributed by atoms with Gasteiger partial charge in [0.15, 0.2) is 5.69 Å². The van der Waals surface area contributed by atoms with Gasteiger partial charge in [-0.05, 0) is 31.2 Å². The van der Waals surface area contributed by atoms with Gasteiger partial charge in [-0.2, -0.15) is 9.90 Å². The van der Waals surface area contributed by atoms with Gasteiger partial charge in [0.25, 0.3) is 0 Å². The van der Waals surface area contributed by atoms with E-state index in [1.807, 2.05) is 30.3 Å². The van der Waals surface area contributed by atoms with Gasteiger partial charge in [0.2, 0.25) is 0 Å². The number of aromatic nitrogens is 3. The van der Waals surface area contributed by atoms with E-state index in [2.05, 4.69) is 10.2 Å². The third-order valence-electron chi connectivity index (χ3n) is 4.36. The van der Waals surface area contributed by atoms with E-state index in [-0.39, 0.29) is 12.3 Å². The van der Waals surface area contributed by atoms with Crippen molar-refractivity contribution in [3.63, 3.8) is 0 Å². The Balaban J connectivity index is 1.58. The molecule has 4 aromatic rings. The maximum absolute atomic E-state index is 12.5. The van der Waals surface area contributed by atoms with Crippen molar-refractivity contribution in [3.8, 4) is 11.4 Å². The fourth-order valence-electron chi connectivity index (χ4n) is 2.91. The smallest absolute Gasteiger partial charge is 0.361 e. The van der Waals surface area contributed by atoms with Crippen LogP contribution < -0.4 is 10.4 Å². The number of benzene rings is 2. The second kappa shape index (κ2) is 7.59. The molecule has 0 atom stereocenters. The Morgan fingerprint density at radius 2 is 1.90 bits per heavy atom. The van der Waals surface area contributed by atoms with Crippen molar-refractivity contribution < 1.29 is 18.7 Å². The number of ether oxygens (including phenoxy) is 2. The topological polar surface area (TPSA) is 96.5 Å². The Morgan fingerprint density at radius 1 is 1.10 bits per heavy atom. The second-order valence-electron chi connectivity index (χ2n) is 6.29. The highest BCUT2D eigenvalue weighted by atomic mass is 16.5. The van der Waals surface area contributed by atoms with E-state index in [9.17, 15) is 9.59 Å². The number of nitrogens with zero attached hydrogens (tertiary/aromatic N) is 3. The summed E-state index contributed by atoms with van der Waals surface area (Å²) in [6, 6.07) is 15.6. The van der Waals surface area contributed by atoms with E-state index < -0.39 is 11.6 Å². The van der Waals surface area contributed by atoms with E-state index in [1.54, 1.807) is 25.1 Å². The number of carbonyl (C=O) groups is 1. The molecule has 0 fully saturated rings. The summed E-state index contributed by atoms with van der Waals surface area (Å²) in [6.45, 7) is 1.58. The first-order chi connectivity index (χ1) is 14.0. The number of rotatable bonds is 5. The van der Waals surface area contributed by atoms with Gasteiger partial charge >= 0.3 is 11.6 Å². The number of methoxy groups -OCH3 is 1. The number of aryl methyl sites for hydroxylation is 1. The summed E-state index contributed by atoms with van der Waals surface area (Å²) in [6.07, 6.45) is 0. The van der Waals surface area contributed by atoms with Gasteiger partial charge < -0.3 is 13.9 Å². The first-order valence-corrected chi connectivity index (χ1v) is 8.82. The van der Waals surface area contributed by atoms with Crippen LogP contribution in [0.25, 0.3) is 16.7 Å². The van der Waals surface area contributed by atoms with Gasteiger partial charge in [-0.25, -0.2) is 9.59 Å². The number of carbonyl (C=O) groups excluding carboxylic acids is 1. The lowest BCUT2D eigenvalue weighted by Crippen LogP contribution is -2.10. The molecule has 0 N–H and O–H groups in total. The SMILES string of the molecule is COc1ccc2c(COC(=O)c3nn(-c4ccccc4)nc3C)cc(=O)oc2c1. The van der Waals surface area contributed by atoms with E-state index in [0.29, 0.717) is 28.0 Å². The summed E-state index contributed by atoms with van der Waals surface area (Å²) in [5, 5.41) is 9.15. The van der Waals surface area contributed by atoms with Crippen LogP contribution in [0.15, 0.2) is 63.8 Å². The predicted octanol–water partition coefficient (Wildman–Crippen LogP) is 3.05. The molecule has 0 bridgehead atoms. The first-order valence-electron chi connectivity index (χ1n) is 8.82. The van der Waals surface area contributed by atoms with Crippen LogP contribution in [0.2, 0.25) is 0 Å². The fraction of sp³-hybridized carbons (Fsp3) is 0.143. The normalized spacial score (nSPS) is 10.8. The molecule has 2 heterocycles. The molecule has 0 unspecified atom stereocenters.